The van der Waals surface area contributed by atoms with Crippen LogP contribution in [0.5, 0.6) is 0 Å². The van der Waals surface area contributed by atoms with E-state index < -0.39 is 12.1 Å². The van der Waals surface area contributed by atoms with E-state index in [0.717, 1.165) is 11.8 Å². The number of rotatable bonds is 6. The Hall–Kier alpha value is -1.94. The minimum Gasteiger partial charge on any atom is -0.479 e. The highest BCUT2D eigenvalue weighted by molar-refractivity contribution is 5.90. The zero-order chi connectivity index (χ0) is 11.8. The van der Waals surface area contributed by atoms with Crippen molar-refractivity contribution in [2.45, 2.75) is 6.10 Å². The highest BCUT2D eigenvalue weighted by atomic mass is 16.5. The fraction of sp³-hybridized carbons (Fsp3) is 0.167. The van der Waals surface area contributed by atoms with Crippen LogP contribution in [0, 0.1) is 5.41 Å². The number of aliphatic carboxylic acids is 1. The average Bonchev–Trinajstić information content (AvgIpc) is 2.30. The number of ether oxygens (including phenoxy) is 1. The first-order valence-electron chi connectivity index (χ1n) is 4.80. The maximum atomic E-state index is 10.5. The van der Waals surface area contributed by atoms with Crippen molar-refractivity contribution in [3.05, 3.63) is 42.0 Å². The van der Waals surface area contributed by atoms with Gasteiger partial charge in [0.2, 0.25) is 0 Å². The molecule has 0 fully saturated rings. The van der Waals surface area contributed by atoms with Gasteiger partial charge in [-0.05, 0) is 5.56 Å². The topological polar surface area (TPSA) is 70.4 Å². The van der Waals surface area contributed by atoms with Crippen LogP contribution in [-0.2, 0) is 9.53 Å². The Bertz CT molecular complexity index is 373. The van der Waals surface area contributed by atoms with Crippen molar-refractivity contribution in [1.82, 2.24) is 0 Å². The van der Waals surface area contributed by atoms with E-state index in [1.807, 2.05) is 36.4 Å². The maximum absolute atomic E-state index is 10.5. The highest BCUT2D eigenvalue weighted by Gasteiger charge is 2.12. The molecule has 0 aliphatic rings. The van der Waals surface area contributed by atoms with E-state index in [9.17, 15) is 4.79 Å². The van der Waals surface area contributed by atoms with Crippen molar-refractivity contribution < 1.29 is 14.6 Å². The predicted molar refractivity (Wildman–Crippen MR) is 61.6 cm³/mol. The highest BCUT2D eigenvalue weighted by Crippen LogP contribution is 2.01. The molecule has 1 unspecified atom stereocenters. The Kier molecular flexibility index (Phi) is 4.95. The lowest BCUT2D eigenvalue weighted by Gasteiger charge is -2.04. The Morgan fingerprint density at radius 2 is 2.12 bits per heavy atom. The number of hydrogen-bond acceptors (Lipinski definition) is 3. The quantitative estimate of drug-likeness (QED) is 0.717. The zero-order valence-corrected chi connectivity index (χ0v) is 8.67. The lowest BCUT2D eigenvalue weighted by atomic mass is 10.2. The first-order chi connectivity index (χ1) is 7.74. The third-order valence-corrected chi connectivity index (χ3v) is 1.88. The van der Waals surface area contributed by atoms with Crippen molar-refractivity contribution in [1.29, 1.82) is 5.41 Å². The van der Waals surface area contributed by atoms with Gasteiger partial charge in [0.25, 0.3) is 0 Å². The van der Waals surface area contributed by atoms with Gasteiger partial charge < -0.3 is 15.3 Å². The number of carboxylic acids is 1. The molecule has 0 saturated heterocycles. The van der Waals surface area contributed by atoms with Crippen molar-refractivity contribution in [2.24, 2.45) is 0 Å². The number of hydrogen-bond donors (Lipinski definition) is 2. The third-order valence-electron chi connectivity index (χ3n) is 1.88. The lowest BCUT2D eigenvalue weighted by Crippen LogP contribution is -2.24. The molecule has 0 heterocycles. The summed E-state index contributed by atoms with van der Waals surface area (Å²) in [7, 11) is 0. The van der Waals surface area contributed by atoms with Crippen LogP contribution in [0.1, 0.15) is 5.56 Å². The molecule has 1 atom stereocenters. The van der Waals surface area contributed by atoms with Crippen molar-refractivity contribution in [3.63, 3.8) is 0 Å². The maximum Gasteiger partial charge on any atom is 0.338 e. The van der Waals surface area contributed by atoms with Crippen molar-refractivity contribution >= 4 is 18.3 Å². The van der Waals surface area contributed by atoms with Crippen LogP contribution in [0.15, 0.2) is 36.4 Å². The lowest BCUT2D eigenvalue weighted by molar-refractivity contribution is -0.145. The smallest absolute Gasteiger partial charge is 0.338 e. The second-order valence-electron chi connectivity index (χ2n) is 3.07. The number of nitrogens with one attached hydrogen (secondary N) is 1. The van der Waals surface area contributed by atoms with Crippen LogP contribution in [0.4, 0.5) is 0 Å². The summed E-state index contributed by atoms with van der Waals surface area (Å²) in [6, 6.07) is 9.61. The Morgan fingerprint density at radius 1 is 1.44 bits per heavy atom. The molecule has 0 radical (unpaired) electrons. The SMILES string of the molecule is N=CC(OCC=Cc1ccccc1)C(=O)O. The van der Waals surface area contributed by atoms with E-state index in [1.54, 1.807) is 6.08 Å². The average molecular weight is 219 g/mol. The van der Waals surface area contributed by atoms with Gasteiger partial charge in [-0.2, -0.15) is 0 Å². The molecule has 0 aromatic heterocycles. The second kappa shape index (κ2) is 6.53. The monoisotopic (exact) mass is 219 g/mol. The van der Waals surface area contributed by atoms with Gasteiger partial charge in [0.15, 0.2) is 6.10 Å². The first kappa shape index (κ1) is 12.1. The number of carbonyl (C=O) groups is 1. The van der Waals surface area contributed by atoms with E-state index in [2.05, 4.69) is 0 Å². The molecule has 84 valence electrons. The second-order valence-corrected chi connectivity index (χ2v) is 3.07. The minimum absolute atomic E-state index is 0.168. The number of benzene rings is 1. The summed E-state index contributed by atoms with van der Waals surface area (Å²) in [5.41, 5.74) is 1.02. The molecule has 0 saturated carbocycles. The molecule has 0 amide bonds. The van der Waals surface area contributed by atoms with E-state index >= 15 is 0 Å². The standard InChI is InChI=1S/C12H13NO3/c13-9-11(12(14)15)16-8-4-7-10-5-2-1-3-6-10/h1-7,9,11,13H,8H2,(H,14,15). The summed E-state index contributed by atoms with van der Waals surface area (Å²) in [5, 5.41) is 15.4. The van der Waals surface area contributed by atoms with Gasteiger partial charge in [-0.3, -0.25) is 0 Å². The largest absolute Gasteiger partial charge is 0.479 e. The van der Waals surface area contributed by atoms with Gasteiger partial charge in [0, 0.05) is 6.21 Å². The summed E-state index contributed by atoms with van der Waals surface area (Å²) in [4.78, 5) is 10.5. The molecule has 4 heteroatoms. The molecule has 16 heavy (non-hydrogen) atoms. The molecule has 0 bridgehead atoms. The van der Waals surface area contributed by atoms with E-state index in [4.69, 9.17) is 15.3 Å². The first-order valence-corrected chi connectivity index (χ1v) is 4.80. The fourth-order valence-electron chi connectivity index (χ4n) is 1.10. The summed E-state index contributed by atoms with van der Waals surface area (Å²) < 4.78 is 4.95. The van der Waals surface area contributed by atoms with Crippen molar-refractivity contribution in [2.75, 3.05) is 6.61 Å². The minimum atomic E-state index is -1.17. The van der Waals surface area contributed by atoms with Gasteiger partial charge >= 0.3 is 5.97 Å². The summed E-state index contributed by atoms with van der Waals surface area (Å²) in [6.07, 6.45) is 3.15. The fourth-order valence-corrected chi connectivity index (χ4v) is 1.10. The molecule has 0 spiro atoms. The Balaban J connectivity index is 2.38. The van der Waals surface area contributed by atoms with E-state index in [-0.39, 0.29) is 6.61 Å². The molecular formula is C12H13NO3. The third kappa shape index (κ3) is 4.06. The summed E-state index contributed by atoms with van der Waals surface area (Å²) >= 11 is 0. The van der Waals surface area contributed by atoms with Crippen LogP contribution < -0.4 is 0 Å². The molecule has 4 nitrogen and oxygen atoms in total. The molecule has 1 aromatic rings. The number of carboxylic acid groups (broad SMARTS) is 1. The van der Waals surface area contributed by atoms with Crippen LogP contribution in [-0.4, -0.2) is 30.0 Å². The Morgan fingerprint density at radius 3 is 2.69 bits per heavy atom. The van der Waals surface area contributed by atoms with Crippen LogP contribution >= 0.6 is 0 Å². The molecular weight excluding hydrogens is 206 g/mol. The van der Waals surface area contributed by atoms with Crippen LogP contribution in [0.2, 0.25) is 0 Å². The molecule has 0 aliphatic carbocycles. The van der Waals surface area contributed by atoms with Gasteiger partial charge in [-0.1, -0.05) is 42.5 Å². The van der Waals surface area contributed by atoms with Gasteiger partial charge in [0.1, 0.15) is 0 Å². The van der Waals surface area contributed by atoms with E-state index in [1.165, 1.54) is 0 Å². The van der Waals surface area contributed by atoms with Crippen LogP contribution in [0.25, 0.3) is 6.08 Å². The summed E-state index contributed by atoms with van der Waals surface area (Å²) in [5.74, 6) is -1.15. The van der Waals surface area contributed by atoms with Gasteiger partial charge in [0.05, 0.1) is 6.61 Å². The molecule has 0 aliphatic heterocycles. The zero-order valence-electron chi connectivity index (χ0n) is 8.67. The Labute approximate surface area is 93.7 Å². The van der Waals surface area contributed by atoms with E-state index in [0.29, 0.717) is 0 Å². The molecule has 1 aromatic carbocycles. The van der Waals surface area contributed by atoms with Crippen LogP contribution in [0.3, 0.4) is 0 Å². The van der Waals surface area contributed by atoms with Crippen molar-refractivity contribution in [3.8, 4) is 0 Å². The normalized spacial score (nSPS) is 12.5. The predicted octanol–water partition coefficient (Wildman–Crippen LogP) is 1.82. The summed E-state index contributed by atoms with van der Waals surface area (Å²) in [6.45, 7) is 0.168. The van der Waals surface area contributed by atoms with Gasteiger partial charge in [-0.15, -0.1) is 0 Å². The molecule has 1 rings (SSSR count). The van der Waals surface area contributed by atoms with Gasteiger partial charge in [-0.25, -0.2) is 4.79 Å². The molecule has 2 N–H and O–H groups in total.